The van der Waals surface area contributed by atoms with Gasteiger partial charge in [0.15, 0.2) is 0 Å². The van der Waals surface area contributed by atoms with E-state index in [-0.39, 0.29) is 5.54 Å². The third-order valence-corrected chi connectivity index (χ3v) is 8.25. The van der Waals surface area contributed by atoms with Crippen LogP contribution in [0.3, 0.4) is 0 Å². The number of hydrogen-bond acceptors (Lipinski definition) is 4. The lowest BCUT2D eigenvalue weighted by Gasteiger charge is -2.30. The van der Waals surface area contributed by atoms with Crippen molar-refractivity contribution in [1.29, 1.82) is 0 Å². The number of anilines is 2. The average molecular weight is 510 g/mol. The number of pyridine rings is 1. The number of nitrogens with one attached hydrogen (secondary N) is 1. The van der Waals surface area contributed by atoms with Gasteiger partial charge in [0, 0.05) is 23.4 Å². The maximum Gasteiger partial charge on any atom is 0.301 e. The van der Waals surface area contributed by atoms with Crippen LogP contribution in [-0.2, 0) is 0 Å². The molecule has 0 atom stereocenters. The molecule has 0 spiro atoms. The largest absolute Gasteiger partial charge is 0.338 e. The van der Waals surface area contributed by atoms with Crippen LogP contribution < -0.4 is 19.9 Å². The summed E-state index contributed by atoms with van der Waals surface area (Å²) < 4.78 is 2.39. The van der Waals surface area contributed by atoms with Gasteiger partial charge in [0.2, 0.25) is 0 Å². The predicted octanol–water partition coefficient (Wildman–Crippen LogP) is 7.57. The van der Waals surface area contributed by atoms with E-state index < -0.39 is 0 Å². The van der Waals surface area contributed by atoms with Crippen molar-refractivity contribution in [3.05, 3.63) is 95.5 Å². The summed E-state index contributed by atoms with van der Waals surface area (Å²) in [6, 6.07) is 30.4. The molecule has 4 aromatic rings. The zero-order valence-corrected chi connectivity index (χ0v) is 23.3. The predicted molar refractivity (Wildman–Crippen MR) is 159 cm³/mol. The van der Waals surface area contributed by atoms with Crippen molar-refractivity contribution in [3.8, 4) is 5.69 Å². The Morgan fingerprint density at radius 2 is 1.65 bits per heavy atom. The molecule has 37 heavy (non-hydrogen) atoms. The zero-order chi connectivity index (χ0) is 26.0. The second kappa shape index (κ2) is 10.6. The summed E-state index contributed by atoms with van der Waals surface area (Å²) in [5, 5.41) is 4.82. The lowest BCUT2D eigenvalue weighted by atomic mass is 10.0. The third-order valence-electron chi connectivity index (χ3n) is 7.08. The van der Waals surface area contributed by atoms with Crippen LogP contribution in [0.1, 0.15) is 46.1 Å². The summed E-state index contributed by atoms with van der Waals surface area (Å²) in [5.74, 6) is 1.14. The first-order valence-electron chi connectivity index (χ1n) is 13.2. The number of rotatable bonds is 8. The van der Waals surface area contributed by atoms with Gasteiger partial charge in [0.25, 0.3) is 0 Å². The minimum Gasteiger partial charge on any atom is -0.338 e. The zero-order valence-electron chi connectivity index (χ0n) is 22.5. The molecule has 1 N–H and O–H groups in total. The molecule has 0 unspecified atom stereocenters. The quantitative estimate of drug-likeness (QED) is 0.195. The van der Waals surface area contributed by atoms with E-state index in [1.54, 1.807) is 0 Å². The molecule has 0 aliphatic carbocycles. The molecule has 0 radical (unpaired) electrons. The SMILES string of the molecule is CCCN(NC(C)(C)CC)c1cc(/C=C2/Sc3ccccc3N2C)c2ccccc2[n+]1-c1ccccc1. The molecular weight excluding hydrogens is 472 g/mol. The van der Waals surface area contributed by atoms with E-state index in [0.29, 0.717) is 0 Å². The highest BCUT2D eigenvalue weighted by Crippen LogP contribution is 2.45. The Bertz CT molecular complexity index is 1430. The average Bonchev–Trinajstić information content (AvgIpc) is 3.23. The van der Waals surface area contributed by atoms with Crippen molar-refractivity contribution >= 4 is 40.2 Å². The van der Waals surface area contributed by atoms with Gasteiger partial charge in [-0.05, 0) is 68.7 Å². The van der Waals surface area contributed by atoms with Gasteiger partial charge in [0.05, 0.1) is 16.3 Å². The molecule has 4 nitrogen and oxygen atoms in total. The van der Waals surface area contributed by atoms with Crippen molar-refractivity contribution in [1.82, 2.24) is 5.43 Å². The van der Waals surface area contributed by atoms with Gasteiger partial charge in [-0.1, -0.05) is 74.1 Å². The summed E-state index contributed by atoms with van der Waals surface area (Å²) in [6.45, 7) is 9.93. The standard InChI is InChI=1S/C32H37N4S/c1-6-21-35(33-32(3,4)7-2)30-22-24(23-31-34(5)28-19-13-14-20-29(28)37-31)26-17-11-12-18-27(26)36(30)25-15-9-8-10-16-25/h8-20,22-23,33H,6-7,21H2,1-5H3/q+1. The molecule has 2 heterocycles. The van der Waals surface area contributed by atoms with E-state index >= 15 is 0 Å². The van der Waals surface area contributed by atoms with E-state index in [9.17, 15) is 0 Å². The van der Waals surface area contributed by atoms with E-state index in [2.05, 4.69) is 146 Å². The smallest absolute Gasteiger partial charge is 0.301 e. The Hall–Kier alpha value is -3.28. The fourth-order valence-corrected chi connectivity index (χ4v) is 5.86. The Kier molecular flexibility index (Phi) is 7.27. The lowest BCUT2D eigenvalue weighted by molar-refractivity contribution is -0.554. The minimum atomic E-state index is -0.0306. The molecule has 3 aromatic carbocycles. The first-order chi connectivity index (χ1) is 17.9. The maximum absolute atomic E-state index is 3.86. The van der Waals surface area contributed by atoms with Crippen LogP contribution in [0, 0.1) is 0 Å². The molecule has 5 rings (SSSR count). The third kappa shape index (κ3) is 5.11. The van der Waals surface area contributed by atoms with Gasteiger partial charge in [-0.3, -0.25) is 0 Å². The summed E-state index contributed by atoms with van der Waals surface area (Å²) >= 11 is 1.84. The Morgan fingerprint density at radius 3 is 2.38 bits per heavy atom. The van der Waals surface area contributed by atoms with Crippen molar-refractivity contribution in [2.45, 2.75) is 51.0 Å². The number of thioether (sulfide) groups is 1. The Morgan fingerprint density at radius 1 is 0.946 bits per heavy atom. The van der Waals surface area contributed by atoms with E-state index in [1.165, 1.54) is 32.1 Å². The highest BCUT2D eigenvalue weighted by Gasteiger charge is 2.30. The van der Waals surface area contributed by atoms with E-state index in [0.717, 1.165) is 30.9 Å². The first kappa shape index (κ1) is 25.4. The normalized spacial score (nSPS) is 14.4. The molecule has 190 valence electrons. The number of hydrazine groups is 1. The number of benzene rings is 3. The van der Waals surface area contributed by atoms with Crippen LogP contribution in [0.25, 0.3) is 22.7 Å². The topological polar surface area (TPSA) is 22.4 Å². The van der Waals surface area contributed by atoms with Crippen molar-refractivity contribution in [2.24, 2.45) is 0 Å². The van der Waals surface area contributed by atoms with Crippen LogP contribution in [-0.4, -0.2) is 19.1 Å². The van der Waals surface area contributed by atoms with Crippen molar-refractivity contribution in [3.63, 3.8) is 0 Å². The van der Waals surface area contributed by atoms with Crippen LogP contribution in [0.5, 0.6) is 0 Å². The van der Waals surface area contributed by atoms with Crippen LogP contribution in [0.2, 0.25) is 0 Å². The van der Waals surface area contributed by atoms with E-state index in [4.69, 9.17) is 0 Å². The molecule has 1 aliphatic heterocycles. The molecule has 0 saturated heterocycles. The fraction of sp³-hybridized carbons (Fsp3) is 0.281. The second-order valence-electron chi connectivity index (χ2n) is 10.3. The molecule has 0 saturated carbocycles. The summed E-state index contributed by atoms with van der Waals surface area (Å²) in [5.41, 5.74) is 8.66. The van der Waals surface area contributed by atoms with Gasteiger partial charge in [-0.2, -0.15) is 15.0 Å². The summed E-state index contributed by atoms with van der Waals surface area (Å²) in [7, 11) is 2.16. The van der Waals surface area contributed by atoms with Crippen molar-refractivity contribution < 1.29 is 4.57 Å². The summed E-state index contributed by atoms with van der Waals surface area (Å²) in [4.78, 5) is 3.60. The highest BCUT2D eigenvalue weighted by atomic mass is 32.2. The van der Waals surface area contributed by atoms with E-state index in [1.807, 2.05) is 11.8 Å². The van der Waals surface area contributed by atoms with Gasteiger partial charge in [-0.15, -0.1) is 0 Å². The molecule has 0 fully saturated rings. The summed E-state index contributed by atoms with van der Waals surface area (Å²) in [6.07, 6.45) is 4.42. The highest BCUT2D eigenvalue weighted by molar-refractivity contribution is 8.03. The molecule has 1 aromatic heterocycles. The van der Waals surface area contributed by atoms with Crippen LogP contribution in [0.4, 0.5) is 11.5 Å². The monoisotopic (exact) mass is 509 g/mol. The molecule has 0 bridgehead atoms. The molecule has 1 aliphatic rings. The first-order valence-corrected chi connectivity index (χ1v) is 14.0. The van der Waals surface area contributed by atoms with Gasteiger partial charge >= 0.3 is 5.82 Å². The fourth-order valence-electron chi connectivity index (χ4n) is 4.76. The Labute approximate surface area is 225 Å². The van der Waals surface area contributed by atoms with Gasteiger partial charge < -0.3 is 4.90 Å². The minimum absolute atomic E-state index is 0.0306. The van der Waals surface area contributed by atoms with Gasteiger partial charge in [-0.25, -0.2) is 0 Å². The van der Waals surface area contributed by atoms with Crippen molar-refractivity contribution in [2.75, 3.05) is 23.5 Å². The molecular formula is C32H37N4S+. The van der Waals surface area contributed by atoms with Crippen LogP contribution in [0.15, 0.2) is 94.9 Å². The maximum atomic E-state index is 3.86. The van der Waals surface area contributed by atoms with Crippen LogP contribution >= 0.6 is 11.8 Å². The number of aromatic nitrogens is 1. The number of hydrogen-bond donors (Lipinski definition) is 1. The molecule has 0 amide bonds. The number of fused-ring (bicyclic) bond motifs is 2. The second-order valence-corrected chi connectivity index (χ2v) is 11.3. The van der Waals surface area contributed by atoms with Gasteiger partial charge in [0.1, 0.15) is 17.7 Å². The Balaban J connectivity index is 1.74. The lowest BCUT2D eigenvalue weighted by Crippen LogP contribution is -2.55. The molecule has 5 heteroatoms. The number of nitrogens with zero attached hydrogens (tertiary/aromatic N) is 3. The number of para-hydroxylation sites is 3.